The largest absolute Gasteiger partial charge is 0.459 e. The van der Waals surface area contributed by atoms with E-state index in [1.807, 2.05) is 0 Å². The minimum atomic E-state index is -0.900. The van der Waals surface area contributed by atoms with Gasteiger partial charge in [0.15, 0.2) is 18.4 Å². The van der Waals surface area contributed by atoms with Crippen molar-refractivity contribution in [3.63, 3.8) is 0 Å². The van der Waals surface area contributed by atoms with Gasteiger partial charge in [-0.1, -0.05) is 36.4 Å². The number of benzene rings is 2. The molecule has 0 amide bonds. The maximum atomic E-state index is 12.8. The number of rotatable bonds is 5. The fraction of sp³-hybridized carbons (Fsp3) is 0.250. The summed E-state index contributed by atoms with van der Waals surface area (Å²) < 4.78 is 24.7. The Balaban J connectivity index is 1.38. The van der Waals surface area contributed by atoms with Gasteiger partial charge in [-0.05, 0) is 31.2 Å². The van der Waals surface area contributed by atoms with E-state index in [2.05, 4.69) is 4.98 Å². The van der Waals surface area contributed by atoms with E-state index in [-0.39, 0.29) is 12.6 Å². The summed E-state index contributed by atoms with van der Waals surface area (Å²) in [6.07, 6.45) is -1.55. The van der Waals surface area contributed by atoms with Crippen LogP contribution in [0.25, 0.3) is 0 Å². The SMILES string of the molecule is Cc1cn2c(nc1=O)O[C@H]1[C@@H](OC(=O)c3ccccc3)[C@@H](COC(=O)c3ccccc3)O[C@H]12. The molecular formula is C24H20N2O7. The molecule has 2 aliphatic rings. The smallest absolute Gasteiger partial charge is 0.338 e. The third-order valence-electron chi connectivity index (χ3n) is 5.53. The molecule has 5 rings (SSSR count). The number of fused-ring (bicyclic) bond motifs is 3. The van der Waals surface area contributed by atoms with Gasteiger partial charge in [0, 0.05) is 11.8 Å². The van der Waals surface area contributed by atoms with Crippen LogP contribution in [0.4, 0.5) is 0 Å². The van der Waals surface area contributed by atoms with Gasteiger partial charge in [0.05, 0.1) is 11.1 Å². The molecule has 9 nitrogen and oxygen atoms in total. The summed E-state index contributed by atoms with van der Waals surface area (Å²) in [6.45, 7) is 1.48. The van der Waals surface area contributed by atoms with Crippen molar-refractivity contribution in [1.82, 2.24) is 9.55 Å². The van der Waals surface area contributed by atoms with Crippen molar-refractivity contribution in [3.05, 3.63) is 93.9 Å². The Morgan fingerprint density at radius 3 is 2.30 bits per heavy atom. The quantitative estimate of drug-likeness (QED) is 0.548. The zero-order valence-corrected chi connectivity index (χ0v) is 17.6. The maximum Gasteiger partial charge on any atom is 0.338 e. The highest BCUT2D eigenvalue weighted by Gasteiger charge is 2.54. The Hall–Kier alpha value is -3.98. The van der Waals surface area contributed by atoms with Crippen molar-refractivity contribution in [3.8, 4) is 6.01 Å². The normalized spacial score (nSPS) is 22.7. The van der Waals surface area contributed by atoms with E-state index >= 15 is 0 Å². The summed E-state index contributed by atoms with van der Waals surface area (Å²) in [5.74, 6) is -1.09. The second-order valence-corrected chi connectivity index (χ2v) is 7.77. The first-order valence-corrected chi connectivity index (χ1v) is 10.4. The van der Waals surface area contributed by atoms with Gasteiger partial charge in [0.2, 0.25) is 0 Å². The van der Waals surface area contributed by atoms with E-state index in [1.165, 1.54) is 0 Å². The molecule has 1 saturated heterocycles. The van der Waals surface area contributed by atoms with Gasteiger partial charge in [-0.3, -0.25) is 9.36 Å². The van der Waals surface area contributed by atoms with Crippen molar-refractivity contribution < 1.29 is 28.5 Å². The van der Waals surface area contributed by atoms with Crippen LogP contribution in [-0.4, -0.2) is 46.4 Å². The number of nitrogens with zero attached hydrogens (tertiary/aromatic N) is 2. The topological polar surface area (TPSA) is 106 Å². The molecule has 33 heavy (non-hydrogen) atoms. The molecule has 0 unspecified atom stereocenters. The van der Waals surface area contributed by atoms with Gasteiger partial charge >= 0.3 is 17.9 Å². The molecule has 2 aliphatic heterocycles. The van der Waals surface area contributed by atoms with Gasteiger partial charge in [0.1, 0.15) is 12.7 Å². The Bertz CT molecular complexity index is 1240. The van der Waals surface area contributed by atoms with E-state index < -0.39 is 42.0 Å². The molecule has 0 spiro atoms. The summed E-state index contributed by atoms with van der Waals surface area (Å²) in [7, 11) is 0. The summed E-state index contributed by atoms with van der Waals surface area (Å²) >= 11 is 0. The lowest BCUT2D eigenvalue weighted by molar-refractivity contribution is -0.0575. The molecule has 0 radical (unpaired) electrons. The zero-order valence-electron chi connectivity index (χ0n) is 17.6. The zero-order chi connectivity index (χ0) is 22.9. The van der Waals surface area contributed by atoms with Crippen LogP contribution in [0.2, 0.25) is 0 Å². The number of esters is 2. The summed E-state index contributed by atoms with van der Waals surface area (Å²) in [5, 5.41) is 0. The first-order valence-electron chi connectivity index (χ1n) is 10.4. The third kappa shape index (κ3) is 3.98. The molecule has 168 valence electrons. The molecule has 4 atom stereocenters. The van der Waals surface area contributed by atoms with Gasteiger partial charge in [-0.25, -0.2) is 9.59 Å². The Morgan fingerprint density at radius 2 is 1.64 bits per heavy atom. The molecule has 0 saturated carbocycles. The van der Waals surface area contributed by atoms with Gasteiger partial charge in [-0.2, -0.15) is 4.98 Å². The average Bonchev–Trinajstić information content (AvgIpc) is 3.34. The van der Waals surface area contributed by atoms with E-state index in [0.717, 1.165) is 0 Å². The number of hydrogen-bond acceptors (Lipinski definition) is 8. The monoisotopic (exact) mass is 448 g/mol. The summed E-state index contributed by atoms with van der Waals surface area (Å²) in [4.78, 5) is 41.0. The number of hydrogen-bond donors (Lipinski definition) is 0. The lowest BCUT2D eigenvalue weighted by atomic mass is 10.1. The predicted molar refractivity (Wildman–Crippen MR) is 114 cm³/mol. The van der Waals surface area contributed by atoms with Crippen LogP contribution < -0.4 is 10.3 Å². The Labute approximate surface area is 188 Å². The van der Waals surface area contributed by atoms with Crippen molar-refractivity contribution >= 4 is 11.9 Å². The molecule has 1 aromatic heterocycles. The lowest BCUT2D eigenvalue weighted by Crippen LogP contribution is -2.40. The molecule has 0 aliphatic carbocycles. The van der Waals surface area contributed by atoms with Crippen LogP contribution in [0.15, 0.2) is 71.7 Å². The molecule has 0 N–H and O–H groups in total. The summed E-state index contributed by atoms with van der Waals surface area (Å²) in [5.41, 5.74) is 0.767. The summed E-state index contributed by atoms with van der Waals surface area (Å²) in [6, 6.07) is 17.1. The molecule has 1 fully saturated rings. The first kappa shape index (κ1) is 20.9. The molecule has 0 bridgehead atoms. The number of carbonyl (C=O) groups excluding carboxylic acids is 2. The second kappa shape index (κ2) is 8.51. The predicted octanol–water partition coefficient (Wildman–Crippen LogP) is 2.29. The van der Waals surface area contributed by atoms with Gasteiger partial charge in [0.25, 0.3) is 5.56 Å². The second-order valence-electron chi connectivity index (χ2n) is 7.77. The number of carbonyl (C=O) groups is 2. The van der Waals surface area contributed by atoms with Gasteiger partial charge < -0.3 is 18.9 Å². The standard InChI is InChI=1S/C24H20N2O7/c1-14-12-26-21-19(33-24(26)25-20(14)27)18(32-23(29)16-10-6-3-7-11-16)17(31-21)13-30-22(28)15-8-4-2-5-9-15/h2-12,17-19,21H,13H2,1H3/t17-,18+,19+,21-/m1/s1. The average molecular weight is 448 g/mol. The van der Waals surface area contributed by atoms with E-state index in [0.29, 0.717) is 16.7 Å². The van der Waals surface area contributed by atoms with Crippen LogP contribution in [0.5, 0.6) is 6.01 Å². The minimum Gasteiger partial charge on any atom is -0.459 e. The highest BCUT2D eigenvalue weighted by molar-refractivity contribution is 5.90. The van der Waals surface area contributed by atoms with Crippen molar-refractivity contribution in [1.29, 1.82) is 0 Å². The minimum absolute atomic E-state index is 0.0843. The third-order valence-corrected chi connectivity index (χ3v) is 5.53. The molecule has 3 heterocycles. The van der Waals surface area contributed by atoms with E-state index in [9.17, 15) is 14.4 Å². The fourth-order valence-corrected chi connectivity index (χ4v) is 3.86. The maximum absolute atomic E-state index is 12.8. The van der Waals surface area contributed by atoms with E-state index in [4.69, 9.17) is 18.9 Å². The highest BCUT2D eigenvalue weighted by atomic mass is 16.7. The van der Waals surface area contributed by atoms with Crippen LogP contribution in [-0.2, 0) is 14.2 Å². The van der Waals surface area contributed by atoms with Gasteiger partial charge in [-0.15, -0.1) is 0 Å². The van der Waals surface area contributed by atoms with Crippen LogP contribution >= 0.6 is 0 Å². The molecule has 3 aromatic rings. The van der Waals surface area contributed by atoms with Crippen molar-refractivity contribution in [2.24, 2.45) is 0 Å². The molecular weight excluding hydrogens is 428 g/mol. The number of aryl methyl sites for hydroxylation is 1. The number of ether oxygens (including phenoxy) is 4. The van der Waals surface area contributed by atoms with Crippen molar-refractivity contribution in [2.75, 3.05) is 6.61 Å². The fourth-order valence-electron chi connectivity index (χ4n) is 3.86. The van der Waals surface area contributed by atoms with Crippen LogP contribution in [0, 0.1) is 6.92 Å². The molecule has 2 aromatic carbocycles. The van der Waals surface area contributed by atoms with Crippen molar-refractivity contribution in [2.45, 2.75) is 31.5 Å². The Morgan fingerprint density at radius 1 is 1.00 bits per heavy atom. The highest BCUT2D eigenvalue weighted by Crippen LogP contribution is 2.40. The van der Waals surface area contributed by atoms with Crippen LogP contribution in [0.3, 0.4) is 0 Å². The lowest BCUT2D eigenvalue weighted by Gasteiger charge is -2.22. The number of aromatic nitrogens is 2. The first-order chi connectivity index (χ1) is 16.0. The van der Waals surface area contributed by atoms with E-state index in [1.54, 1.807) is 78.4 Å². The Kier molecular flexibility index (Phi) is 5.39. The van der Waals surface area contributed by atoms with Crippen LogP contribution in [0.1, 0.15) is 32.5 Å². The molecule has 9 heteroatoms.